The smallest absolute Gasteiger partial charge is 0.227 e. The lowest BCUT2D eigenvalue weighted by Gasteiger charge is -2.11. The summed E-state index contributed by atoms with van der Waals surface area (Å²) in [6, 6.07) is 35.0. The van der Waals surface area contributed by atoms with Crippen LogP contribution in [0, 0.1) is 11.6 Å². The summed E-state index contributed by atoms with van der Waals surface area (Å²) in [5.74, 6) is -0.163. The number of para-hydroxylation sites is 2. The Morgan fingerprint density at radius 2 is 1.38 bits per heavy atom. The van der Waals surface area contributed by atoms with E-state index in [1.807, 2.05) is 71.3 Å². The number of furan rings is 1. The van der Waals surface area contributed by atoms with Crippen molar-refractivity contribution in [2.75, 3.05) is 0 Å². The van der Waals surface area contributed by atoms with Crippen LogP contribution < -0.4 is 0 Å². The zero-order valence-corrected chi connectivity index (χ0v) is 21.0. The van der Waals surface area contributed by atoms with E-state index >= 15 is 4.39 Å². The van der Waals surface area contributed by atoms with E-state index in [2.05, 4.69) is 4.98 Å². The zero-order chi connectivity index (χ0) is 26.8. The van der Waals surface area contributed by atoms with Crippen molar-refractivity contribution in [1.29, 1.82) is 0 Å². The van der Waals surface area contributed by atoms with Crippen LogP contribution in [-0.2, 0) is 0 Å². The fraction of sp³-hybridized carbons (Fsp3) is 0. The van der Waals surface area contributed by atoms with Crippen molar-refractivity contribution < 1.29 is 13.2 Å². The van der Waals surface area contributed by atoms with E-state index in [-0.39, 0.29) is 11.6 Å². The van der Waals surface area contributed by atoms with E-state index in [9.17, 15) is 4.39 Å². The summed E-state index contributed by atoms with van der Waals surface area (Å²) in [4.78, 5) is 9.55. The van der Waals surface area contributed by atoms with Gasteiger partial charge in [0.05, 0.1) is 16.8 Å². The van der Waals surface area contributed by atoms with Crippen molar-refractivity contribution in [3.05, 3.63) is 127 Å². The highest BCUT2D eigenvalue weighted by Gasteiger charge is 2.22. The van der Waals surface area contributed by atoms with E-state index in [4.69, 9.17) is 9.40 Å². The van der Waals surface area contributed by atoms with Gasteiger partial charge in [0, 0.05) is 22.0 Å². The first kappa shape index (κ1) is 22.6. The summed E-state index contributed by atoms with van der Waals surface area (Å²) in [5, 5.41) is 3.78. The standard InChI is InChI=1S/C34H19F2N3O/c35-27-12-4-3-9-25(27)29-18-17-24-23-10-5-11-26(32(23)40-34(24)38-29)33-37-30-14-6-13-28(36)31(30)39(33)22-16-15-20-7-1-2-8-21(20)19-22/h1-19H. The third-order valence-corrected chi connectivity index (χ3v) is 7.37. The fourth-order valence-corrected chi connectivity index (χ4v) is 5.51. The Hall–Kier alpha value is -5.36. The summed E-state index contributed by atoms with van der Waals surface area (Å²) in [7, 11) is 0. The molecule has 0 N–H and O–H groups in total. The van der Waals surface area contributed by atoms with Crippen LogP contribution in [0.25, 0.3) is 72.2 Å². The minimum Gasteiger partial charge on any atom is -0.437 e. The first-order valence-electron chi connectivity index (χ1n) is 12.9. The van der Waals surface area contributed by atoms with Gasteiger partial charge >= 0.3 is 0 Å². The number of aromatic nitrogens is 3. The molecule has 0 amide bonds. The maximum absolute atomic E-state index is 15.4. The lowest BCUT2D eigenvalue weighted by Crippen LogP contribution is -1.99. The molecule has 0 bridgehead atoms. The molecule has 40 heavy (non-hydrogen) atoms. The van der Waals surface area contributed by atoms with E-state index in [1.54, 1.807) is 36.4 Å². The van der Waals surface area contributed by atoms with E-state index in [0.717, 1.165) is 27.2 Å². The van der Waals surface area contributed by atoms with Crippen molar-refractivity contribution in [3.63, 3.8) is 0 Å². The highest BCUT2D eigenvalue weighted by atomic mass is 19.1. The number of fused-ring (bicyclic) bond motifs is 5. The molecule has 0 saturated heterocycles. The summed E-state index contributed by atoms with van der Waals surface area (Å²) < 4.78 is 38.1. The van der Waals surface area contributed by atoms with Crippen molar-refractivity contribution in [3.8, 4) is 28.3 Å². The molecule has 4 nitrogen and oxygen atoms in total. The lowest BCUT2D eigenvalue weighted by molar-refractivity contribution is 0.629. The average Bonchev–Trinajstić information content (AvgIpc) is 3.56. The Morgan fingerprint density at radius 1 is 0.600 bits per heavy atom. The van der Waals surface area contributed by atoms with Gasteiger partial charge in [0.25, 0.3) is 0 Å². The topological polar surface area (TPSA) is 43.9 Å². The zero-order valence-electron chi connectivity index (χ0n) is 21.0. The fourth-order valence-electron chi connectivity index (χ4n) is 5.51. The molecule has 5 aromatic carbocycles. The number of hydrogen-bond acceptors (Lipinski definition) is 3. The molecule has 8 rings (SSSR count). The van der Waals surface area contributed by atoms with Crippen molar-refractivity contribution in [1.82, 2.24) is 14.5 Å². The molecule has 8 aromatic rings. The lowest BCUT2D eigenvalue weighted by atomic mass is 10.1. The number of hydrogen-bond donors (Lipinski definition) is 0. The second-order valence-corrected chi connectivity index (χ2v) is 9.72. The predicted octanol–water partition coefficient (Wildman–Crippen LogP) is 9.09. The first-order valence-corrected chi connectivity index (χ1v) is 12.9. The number of halogens is 2. The van der Waals surface area contributed by atoms with Gasteiger partial charge in [0.2, 0.25) is 5.71 Å². The molecule has 0 unspecified atom stereocenters. The minimum absolute atomic E-state index is 0.350. The molecule has 0 atom stereocenters. The number of pyridine rings is 1. The van der Waals surface area contributed by atoms with Gasteiger partial charge in [0.1, 0.15) is 28.6 Å². The molecular formula is C34H19F2N3O. The van der Waals surface area contributed by atoms with E-state index in [0.29, 0.717) is 45.0 Å². The minimum atomic E-state index is -0.364. The summed E-state index contributed by atoms with van der Waals surface area (Å²) in [6.45, 7) is 0. The van der Waals surface area contributed by atoms with Crippen LogP contribution in [0.4, 0.5) is 8.78 Å². The maximum Gasteiger partial charge on any atom is 0.227 e. The quantitative estimate of drug-likeness (QED) is 0.232. The maximum atomic E-state index is 15.4. The van der Waals surface area contributed by atoms with Crippen LogP contribution in [0.3, 0.4) is 0 Å². The van der Waals surface area contributed by atoms with Crippen LogP contribution in [0.1, 0.15) is 0 Å². The third kappa shape index (κ3) is 3.36. The van der Waals surface area contributed by atoms with Gasteiger partial charge in [-0.05, 0) is 65.4 Å². The Balaban J connectivity index is 1.40. The largest absolute Gasteiger partial charge is 0.437 e. The van der Waals surface area contributed by atoms with Crippen LogP contribution in [0.15, 0.2) is 120 Å². The SMILES string of the molecule is Fc1ccccc1-c1ccc2c(n1)oc1c(-c3nc4cccc(F)c4n3-c3ccc4ccccc4c3)cccc12. The van der Waals surface area contributed by atoms with Crippen LogP contribution >= 0.6 is 0 Å². The predicted molar refractivity (Wildman–Crippen MR) is 154 cm³/mol. The van der Waals surface area contributed by atoms with Gasteiger partial charge in [0.15, 0.2) is 0 Å². The number of nitrogens with zero attached hydrogens (tertiary/aromatic N) is 3. The molecule has 3 heterocycles. The van der Waals surface area contributed by atoms with E-state index < -0.39 is 0 Å². The molecule has 190 valence electrons. The Morgan fingerprint density at radius 3 is 2.27 bits per heavy atom. The highest BCUT2D eigenvalue weighted by Crippen LogP contribution is 2.39. The Kier molecular flexibility index (Phi) is 4.85. The average molecular weight is 524 g/mol. The number of benzene rings is 5. The van der Waals surface area contributed by atoms with Crippen molar-refractivity contribution in [2.24, 2.45) is 0 Å². The van der Waals surface area contributed by atoms with Crippen molar-refractivity contribution in [2.45, 2.75) is 0 Å². The van der Waals surface area contributed by atoms with Gasteiger partial charge in [-0.25, -0.2) is 18.7 Å². The Bertz CT molecular complexity index is 2260. The molecule has 0 aliphatic carbocycles. The number of imidazole rings is 1. The van der Waals surface area contributed by atoms with Crippen LogP contribution in [0.5, 0.6) is 0 Å². The molecule has 0 spiro atoms. The second-order valence-electron chi connectivity index (χ2n) is 9.72. The van der Waals surface area contributed by atoms with Gasteiger partial charge in [-0.3, -0.25) is 4.57 Å². The molecule has 0 radical (unpaired) electrons. The highest BCUT2D eigenvalue weighted by molar-refractivity contribution is 6.09. The summed E-state index contributed by atoms with van der Waals surface area (Å²) >= 11 is 0. The molecule has 3 aromatic heterocycles. The molecule has 0 saturated carbocycles. The molecule has 0 aliphatic rings. The van der Waals surface area contributed by atoms with E-state index in [1.165, 1.54) is 12.1 Å². The van der Waals surface area contributed by atoms with Gasteiger partial charge in [-0.2, -0.15) is 0 Å². The molecule has 0 fully saturated rings. The molecule has 0 aliphatic heterocycles. The van der Waals surface area contributed by atoms with Gasteiger partial charge in [-0.1, -0.05) is 60.7 Å². The van der Waals surface area contributed by atoms with Crippen LogP contribution in [0.2, 0.25) is 0 Å². The van der Waals surface area contributed by atoms with Crippen molar-refractivity contribution >= 4 is 43.9 Å². The second kappa shape index (κ2) is 8.58. The van der Waals surface area contributed by atoms with Gasteiger partial charge < -0.3 is 4.42 Å². The Labute approximate surface area is 226 Å². The normalized spacial score (nSPS) is 11.8. The molecule has 6 heteroatoms. The monoisotopic (exact) mass is 523 g/mol. The third-order valence-electron chi connectivity index (χ3n) is 7.37. The van der Waals surface area contributed by atoms with Crippen LogP contribution in [-0.4, -0.2) is 14.5 Å². The summed E-state index contributed by atoms with van der Waals surface area (Å²) in [6.07, 6.45) is 0. The first-order chi connectivity index (χ1) is 19.7. The number of rotatable bonds is 3. The molecular weight excluding hydrogens is 504 g/mol. The van der Waals surface area contributed by atoms with Gasteiger partial charge in [-0.15, -0.1) is 0 Å². The summed E-state index contributed by atoms with van der Waals surface area (Å²) in [5.41, 5.74) is 4.27.